The van der Waals surface area contributed by atoms with Crippen LogP contribution in [0.3, 0.4) is 0 Å². The van der Waals surface area contributed by atoms with Gasteiger partial charge in [0, 0.05) is 6.42 Å². The average molecular weight is 339 g/mol. The highest BCUT2D eigenvalue weighted by Gasteiger charge is 2.29. The van der Waals surface area contributed by atoms with Gasteiger partial charge in [0.05, 0.1) is 6.61 Å². The Balaban J connectivity index is 3.06. The van der Waals surface area contributed by atoms with E-state index in [9.17, 15) is 4.79 Å². The van der Waals surface area contributed by atoms with E-state index in [2.05, 4.69) is 53.7 Å². The summed E-state index contributed by atoms with van der Waals surface area (Å²) in [4.78, 5) is 10.8. The van der Waals surface area contributed by atoms with Gasteiger partial charge in [-0.1, -0.05) is 47.6 Å². The molecule has 0 atom stereocenters. The van der Waals surface area contributed by atoms with Crippen LogP contribution in [0.4, 0.5) is 0 Å². The van der Waals surface area contributed by atoms with Crippen molar-refractivity contribution in [3.8, 4) is 5.75 Å². The molecule has 0 aliphatic heterocycles. The first-order chi connectivity index (χ1) is 10.6. The first-order valence-electron chi connectivity index (χ1n) is 8.60. The van der Waals surface area contributed by atoms with Gasteiger partial charge in [-0.2, -0.15) is 0 Å². The highest BCUT2D eigenvalue weighted by molar-refractivity contribution is 6.63. The minimum atomic E-state index is -0.304. The summed E-state index contributed by atoms with van der Waals surface area (Å²) in [5, 5.41) is -0.304. The molecule has 23 heavy (non-hydrogen) atoms. The fourth-order valence-electron chi connectivity index (χ4n) is 2.55. The van der Waals surface area contributed by atoms with Crippen molar-refractivity contribution in [1.29, 1.82) is 0 Å². The first kappa shape index (κ1) is 20.0. The average Bonchev–Trinajstić information content (AvgIpc) is 2.51. The number of ether oxygens (including phenoxy) is 1. The Hall–Kier alpha value is -1.02. The van der Waals surface area contributed by atoms with Gasteiger partial charge in [-0.15, -0.1) is 0 Å². The van der Waals surface area contributed by atoms with Crippen molar-refractivity contribution in [2.45, 2.75) is 78.1 Å². The standard InChI is InChI=1S/C20H31ClO2/c1-7-19(3,4)16-12-11-15(23-13-9-10-18(21)22)14-17(16)20(5,6)8-2/h11-12,14H,7-10,13H2,1-6H3. The van der Waals surface area contributed by atoms with E-state index in [-0.39, 0.29) is 16.1 Å². The van der Waals surface area contributed by atoms with Crippen LogP contribution in [-0.4, -0.2) is 11.8 Å². The SMILES string of the molecule is CCC(C)(C)c1ccc(OCCCC(=O)Cl)cc1C(C)(C)CC. The molecule has 0 radical (unpaired) electrons. The Morgan fingerprint density at radius 1 is 1.04 bits per heavy atom. The van der Waals surface area contributed by atoms with Gasteiger partial charge in [0.15, 0.2) is 0 Å². The number of hydrogen-bond donors (Lipinski definition) is 0. The molecule has 0 saturated carbocycles. The van der Waals surface area contributed by atoms with Crippen molar-refractivity contribution in [1.82, 2.24) is 0 Å². The zero-order valence-electron chi connectivity index (χ0n) is 15.5. The Kier molecular flexibility index (Phi) is 7.13. The van der Waals surface area contributed by atoms with Gasteiger partial charge in [0.25, 0.3) is 0 Å². The first-order valence-corrected chi connectivity index (χ1v) is 8.98. The van der Waals surface area contributed by atoms with Crippen LogP contribution in [0.15, 0.2) is 18.2 Å². The normalized spacial score (nSPS) is 12.3. The molecule has 3 heteroatoms. The lowest BCUT2D eigenvalue weighted by molar-refractivity contribution is -0.111. The van der Waals surface area contributed by atoms with Gasteiger partial charge in [-0.3, -0.25) is 4.79 Å². The van der Waals surface area contributed by atoms with Gasteiger partial charge in [-0.25, -0.2) is 0 Å². The van der Waals surface area contributed by atoms with Crippen LogP contribution in [0.1, 0.15) is 78.4 Å². The van der Waals surface area contributed by atoms with Crippen molar-refractivity contribution < 1.29 is 9.53 Å². The van der Waals surface area contributed by atoms with Crippen LogP contribution in [0, 0.1) is 0 Å². The third-order valence-electron chi connectivity index (χ3n) is 5.00. The Bertz CT molecular complexity index is 532. The third-order valence-corrected chi connectivity index (χ3v) is 5.19. The molecule has 0 aliphatic rings. The minimum absolute atomic E-state index is 0.104. The molecule has 1 aromatic rings. The number of rotatable bonds is 9. The molecule has 2 nitrogen and oxygen atoms in total. The van der Waals surface area contributed by atoms with Gasteiger partial charge in [0.2, 0.25) is 5.24 Å². The zero-order valence-corrected chi connectivity index (χ0v) is 16.2. The molecule has 0 N–H and O–H groups in total. The number of benzene rings is 1. The molecule has 1 rings (SSSR count). The molecule has 1 aromatic carbocycles. The van der Waals surface area contributed by atoms with Crippen LogP contribution in [0.25, 0.3) is 0 Å². The summed E-state index contributed by atoms with van der Waals surface area (Å²) >= 11 is 5.36. The van der Waals surface area contributed by atoms with E-state index in [0.717, 1.165) is 18.6 Å². The number of hydrogen-bond acceptors (Lipinski definition) is 2. The second kappa shape index (κ2) is 8.19. The number of carbonyl (C=O) groups excluding carboxylic acids is 1. The Morgan fingerprint density at radius 2 is 1.61 bits per heavy atom. The Labute approximate surface area is 146 Å². The molecule has 0 unspecified atom stereocenters. The summed E-state index contributed by atoms with van der Waals surface area (Å²) in [6.07, 6.45) is 3.18. The molecular weight excluding hydrogens is 308 g/mol. The van der Waals surface area contributed by atoms with E-state index in [1.54, 1.807) is 0 Å². The summed E-state index contributed by atoms with van der Waals surface area (Å²) in [6, 6.07) is 6.43. The van der Waals surface area contributed by atoms with E-state index in [1.807, 2.05) is 6.07 Å². The number of carbonyl (C=O) groups is 1. The van der Waals surface area contributed by atoms with E-state index in [4.69, 9.17) is 16.3 Å². The predicted octanol–water partition coefficient (Wildman–Crippen LogP) is 5.99. The van der Waals surface area contributed by atoms with Crippen molar-refractivity contribution >= 4 is 16.8 Å². The molecule has 0 bridgehead atoms. The molecule has 0 spiro atoms. The molecular formula is C20H31ClO2. The van der Waals surface area contributed by atoms with Crippen LogP contribution in [-0.2, 0) is 15.6 Å². The largest absolute Gasteiger partial charge is 0.494 e. The molecule has 0 aliphatic carbocycles. The van der Waals surface area contributed by atoms with Gasteiger partial charge < -0.3 is 4.74 Å². The lowest BCUT2D eigenvalue weighted by Crippen LogP contribution is -2.25. The van der Waals surface area contributed by atoms with Gasteiger partial charge >= 0.3 is 0 Å². The summed E-state index contributed by atoms with van der Waals surface area (Å²) in [7, 11) is 0. The fraction of sp³-hybridized carbons (Fsp3) is 0.650. The monoisotopic (exact) mass is 338 g/mol. The maximum atomic E-state index is 10.8. The summed E-state index contributed by atoms with van der Waals surface area (Å²) in [6.45, 7) is 14.1. The molecule has 0 amide bonds. The van der Waals surface area contributed by atoms with Crippen LogP contribution >= 0.6 is 11.6 Å². The summed E-state index contributed by atoms with van der Waals surface area (Å²) < 4.78 is 5.83. The topological polar surface area (TPSA) is 26.3 Å². The van der Waals surface area contributed by atoms with Gasteiger partial charge in [0.1, 0.15) is 5.75 Å². The molecule has 0 heterocycles. The summed E-state index contributed by atoms with van der Waals surface area (Å²) in [5.74, 6) is 0.874. The Morgan fingerprint density at radius 3 is 2.13 bits per heavy atom. The summed E-state index contributed by atoms with van der Waals surface area (Å²) in [5.41, 5.74) is 3.01. The highest BCUT2D eigenvalue weighted by atomic mass is 35.5. The van der Waals surface area contributed by atoms with E-state index < -0.39 is 0 Å². The lowest BCUT2D eigenvalue weighted by atomic mass is 9.71. The smallest absolute Gasteiger partial charge is 0.221 e. The second-order valence-electron chi connectivity index (χ2n) is 7.49. The van der Waals surface area contributed by atoms with E-state index in [1.165, 1.54) is 11.1 Å². The molecule has 0 fully saturated rings. The molecule has 0 saturated heterocycles. The van der Waals surface area contributed by atoms with Crippen molar-refractivity contribution in [2.24, 2.45) is 0 Å². The zero-order chi connectivity index (χ0) is 17.7. The minimum Gasteiger partial charge on any atom is -0.494 e. The predicted molar refractivity (Wildman–Crippen MR) is 98.7 cm³/mol. The van der Waals surface area contributed by atoms with E-state index in [0.29, 0.717) is 19.4 Å². The molecule has 130 valence electrons. The van der Waals surface area contributed by atoms with Crippen molar-refractivity contribution in [2.75, 3.05) is 6.61 Å². The van der Waals surface area contributed by atoms with Crippen LogP contribution < -0.4 is 4.74 Å². The number of halogens is 1. The van der Waals surface area contributed by atoms with Crippen LogP contribution in [0.5, 0.6) is 5.75 Å². The second-order valence-corrected chi connectivity index (χ2v) is 7.91. The maximum absolute atomic E-state index is 10.8. The third kappa shape index (κ3) is 5.53. The quantitative estimate of drug-likeness (QED) is 0.408. The van der Waals surface area contributed by atoms with E-state index >= 15 is 0 Å². The van der Waals surface area contributed by atoms with Crippen LogP contribution in [0.2, 0.25) is 0 Å². The highest BCUT2D eigenvalue weighted by Crippen LogP contribution is 2.39. The van der Waals surface area contributed by atoms with Crippen molar-refractivity contribution in [3.63, 3.8) is 0 Å². The molecule has 0 aromatic heterocycles. The van der Waals surface area contributed by atoms with Crippen molar-refractivity contribution in [3.05, 3.63) is 29.3 Å². The maximum Gasteiger partial charge on any atom is 0.221 e. The lowest BCUT2D eigenvalue weighted by Gasteiger charge is -2.34. The van der Waals surface area contributed by atoms with Gasteiger partial charge in [-0.05, 0) is 65.0 Å². The fourth-order valence-corrected chi connectivity index (χ4v) is 2.68.